The number of nitrogens with zero attached hydrogens (tertiary/aromatic N) is 2. The Kier molecular flexibility index (Phi) is 5.11. The molecule has 1 heterocycles. The molecule has 7 nitrogen and oxygen atoms in total. The third-order valence-electron chi connectivity index (χ3n) is 2.74. The monoisotopic (exact) mass is 325 g/mol. The molecule has 0 bridgehead atoms. The van der Waals surface area contributed by atoms with Crippen molar-refractivity contribution in [2.45, 2.75) is 26.6 Å². The van der Waals surface area contributed by atoms with Gasteiger partial charge in [0.25, 0.3) is 5.91 Å². The molecule has 8 heteroatoms. The lowest BCUT2D eigenvalue weighted by Gasteiger charge is -2.16. The fraction of sp³-hybridized carbons (Fsp3) is 0.286. The topological polar surface area (TPSA) is 85.6 Å². The van der Waals surface area contributed by atoms with E-state index in [1.54, 1.807) is 18.2 Å². The van der Waals surface area contributed by atoms with Crippen LogP contribution in [0.5, 0.6) is 11.6 Å². The summed E-state index contributed by atoms with van der Waals surface area (Å²) in [5, 5.41) is 12.8. The van der Waals surface area contributed by atoms with E-state index in [4.69, 9.17) is 26.5 Å². The molecular weight excluding hydrogens is 310 g/mol. The van der Waals surface area contributed by atoms with Crippen LogP contribution in [0.3, 0.4) is 0 Å². The molecular formula is C14H16ClN3O4. The molecule has 0 aliphatic rings. The molecule has 118 valence electrons. The maximum atomic E-state index is 11.9. The molecule has 1 aromatic heterocycles. The highest BCUT2D eigenvalue weighted by Gasteiger charge is 2.17. The van der Waals surface area contributed by atoms with Gasteiger partial charge in [-0.15, -0.1) is 4.85 Å². The summed E-state index contributed by atoms with van der Waals surface area (Å²) in [5.74, 6) is 0.289. The first kappa shape index (κ1) is 16.0. The minimum atomic E-state index is -0.456. The van der Waals surface area contributed by atoms with Gasteiger partial charge in [0, 0.05) is 23.4 Å². The fourth-order valence-corrected chi connectivity index (χ4v) is 1.97. The molecule has 1 amide bonds. The van der Waals surface area contributed by atoms with Gasteiger partial charge in [-0.3, -0.25) is 9.63 Å². The summed E-state index contributed by atoms with van der Waals surface area (Å²) in [6, 6.07) is 6.56. The maximum Gasteiger partial charge on any atom is 0.266 e. The minimum Gasteiger partial charge on any atom is -0.491 e. The maximum absolute atomic E-state index is 11.9. The molecule has 0 spiro atoms. The van der Waals surface area contributed by atoms with Crippen LogP contribution in [0.25, 0.3) is 0 Å². The molecule has 2 rings (SSSR count). The van der Waals surface area contributed by atoms with Gasteiger partial charge in [-0.25, -0.2) is 0 Å². The molecule has 1 aromatic carbocycles. The highest BCUT2D eigenvalue weighted by atomic mass is 35.5. The van der Waals surface area contributed by atoms with Crippen LogP contribution >= 0.6 is 11.8 Å². The molecule has 0 fully saturated rings. The second-order valence-electron chi connectivity index (χ2n) is 4.74. The smallest absolute Gasteiger partial charge is 0.266 e. The van der Waals surface area contributed by atoms with Gasteiger partial charge in [0.2, 0.25) is 5.88 Å². The Morgan fingerprint density at radius 3 is 2.82 bits per heavy atom. The van der Waals surface area contributed by atoms with Crippen molar-refractivity contribution in [3.63, 3.8) is 0 Å². The van der Waals surface area contributed by atoms with Crippen LogP contribution in [0.4, 0.5) is 0 Å². The van der Waals surface area contributed by atoms with Gasteiger partial charge in [0.05, 0.1) is 17.9 Å². The third kappa shape index (κ3) is 3.82. The molecule has 0 saturated carbocycles. The summed E-state index contributed by atoms with van der Waals surface area (Å²) in [6.45, 7) is 3.80. The van der Waals surface area contributed by atoms with Crippen molar-refractivity contribution in [1.82, 2.24) is 14.8 Å². The number of ether oxygens (including phenoxy) is 2. The van der Waals surface area contributed by atoms with Crippen molar-refractivity contribution < 1.29 is 19.5 Å². The SMILES string of the molecule is CC(C)Oc1cccc(C(=O)NCl)c1COc1ccn(O)n1. The van der Waals surface area contributed by atoms with Crippen molar-refractivity contribution in [3.05, 3.63) is 41.6 Å². The van der Waals surface area contributed by atoms with Crippen molar-refractivity contribution in [1.29, 1.82) is 0 Å². The van der Waals surface area contributed by atoms with Crippen LogP contribution in [0.1, 0.15) is 29.8 Å². The van der Waals surface area contributed by atoms with E-state index in [0.717, 1.165) is 0 Å². The van der Waals surface area contributed by atoms with E-state index in [1.807, 2.05) is 13.8 Å². The van der Waals surface area contributed by atoms with Gasteiger partial charge in [0.15, 0.2) is 0 Å². The van der Waals surface area contributed by atoms with E-state index in [-0.39, 0.29) is 18.6 Å². The molecule has 22 heavy (non-hydrogen) atoms. The standard InChI is InChI=1S/C14H16ClN3O4/c1-9(2)22-12-5-3-4-10(14(19)16-15)11(12)8-21-13-6-7-18(20)17-13/h3-7,9,20H,8H2,1-2H3,(H,16,19). The van der Waals surface area contributed by atoms with Crippen LogP contribution in [0.2, 0.25) is 0 Å². The van der Waals surface area contributed by atoms with Crippen LogP contribution in [0.15, 0.2) is 30.5 Å². The number of amides is 1. The van der Waals surface area contributed by atoms with Crippen LogP contribution < -0.4 is 14.3 Å². The Balaban J connectivity index is 2.29. The van der Waals surface area contributed by atoms with Crippen LogP contribution in [-0.2, 0) is 6.61 Å². The first-order chi connectivity index (χ1) is 10.5. The molecule has 0 aliphatic heterocycles. The average molecular weight is 326 g/mol. The Hall–Kier alpha value is -2.41. The Labute approximate surface area is 132 Å². The van der Waals surface area contributed by atoms with E-state index in [0.29, 0.717) is 21.7 Å². The number of hydrogen-bond donors (Lipinski definition) is 2. The molecule has 2 N–H and O–H groups in total. The minimum absolute atomic E-state index is 0.0412. The van der Waals surface area contributed by atoms with Gasteiger partial charge in [0.1, 0.15) is 12.4 Å². The molecule has 0 radical (unpaired) electrons. The van der Waals surface area contributed by atoms with Crippen molar-refractivity contribution in [2.75, 3.05) is 0 Å². The van der Waals surface area contributed by atoms with Crippen molar-refractivity contribution in [3.8, 4) is 11.6 Å². The van der Waals surface area contributed by atoms with Gasteiger partial charge >= 0.3 is 0 Å². The van der Waals surface area contributed by atoms with Gasteiger partial charge in [-0.05, 0) is 26.0 Å². The number of hydrogen-bond acceptors (Lipinski definition) is 5. The van der Waals surface area contributed by atoms with Crippen molar-refractivity contribution >= 4 is 17.7 Å². The number of rotatable bonds is 6. The van der Waals surface area contributed by atoms with Gasteiger partial charge in [-0.2, -0.15) is 0 Å². The lowest BCUT2D eigenvalue weighted by atomic mass is 10.1. The van der Waals surface area contributed by atoms with Gasteiger partial charge in [-0.1, -0.05) is 11.2 Å². The van der Waals surface area contributed by atoms with E-state index in [9.17, 15) is 4.79 Å². The predicted molar refractivity (Wildman–Crippen MR) is 79.3 cm³/mol. The molecule has 0 saturated heterocycles. The molecule has 2 aromatic rings. The Morgan fingerprint density at radius 1 is 1.45 bits per heavy atom. The molecule has 0 atom stereocenters. The average Bonchev–Trinajstić information content (AvgIpc) is 2.90. The molecule has 0 aliphatic carbocycles. The summed E-state index contributed by atoms with van der Waals surface area (Å²) in [7, 11) is 0. The Bertz CT molecular complexity index is 657. The van der Waals surface area contributed by atoms with E-state index >= 15 is 0 Å². The first-order valence-electron chi connectivity index (χ1n) is 6.58. The zero-order valence-electron chi connectivity index (χ0n) is 12.1. The second-order valence-corrected chi connectivity index (χ2v) is 4.92. The summed E-state index contributed by atoms with van der Waals surface area (Å²) >= 11 is 5.41. The zero-order valence-corrected chi connectivity index (χ0v) is 12.9. The lowest BCUT2D eigenvalue weighted by molar-refractivity contribution is 0.0977. The van der Waals surface area contributed by atoms with E-state index in [2.05, 4.69) is 9.93 Å². The summed E-state index contributed by atoms with van der Waals surface area (Å²) < 4.78 is 11.2. The molecule has 0 unspecified atom stereocenters. The normalized spacial score (nSPS) is 10.5. The highest BCUT2D eigenvalue weighted by molar-refractivity contribution is 6.24. The number of carbonyl (C=O) groups excluding carboxylic acids is 1. The van der Waals surface area contributed by atoms with E-state index < -0.39 is 5.91 Å². The van der Waals surface area contributed by atoms with Crippen LogP contribution in [-0.4, -0.2) is 27.2 Å². The number of aromatic nitrogens is 2. The number of halogens is 1. The zero-order chi connectivity index (χ0) is 16.1. The predicted octanol–water partition coefficient (Wildman–Crippen LogP) is 2.37. The fourth-order valence-electron chi connectivity index (χ4n) is 1.86. The Morgan fingerprint density at radius 2 is 2.23 bits per heavy atom. The van der Waals surface area contributed by atoms with Gasteiger partial charge < -0.3 is 14.7 Å². The number of nitrogens with one attached hydrogen (secondary N) is 1. The summed E-state index contributed by atoms with van der Waals surface area (Å²) in [6.07, 6.45) is 1.27. The lowest BCUT2D eigenvalue weighted by Crippen LogP contribution is -2.18. The third-order valence-corrected chi connectivity index (χ3v) is 2.91. The first-order valence-corrected chi connectivity index (χ1v) is 6.96. The van der Waals surface area contributed by atoms with Crippen molar-refractivity contribution in [2.24, 2.45) is 0 Å². The second kappa shape index (κ2) is 7.04. The highest BCUT2D eigenvalue weighted by Crippen LogP contribution is 2.25. The number of carbonyl (C=O) groups is 1. The largest absolute Gasteiger partial charge is 0.491 e. The van der Waals surface area contributed by atoms with Crippen LogP contribution in [0, 0.1) is 0 Å². The quantitative estimate of drug-likeness (QED) is 0.629. The summed E-state index contributed by atoms with van der Waals surface area (Å²) in [4.78, 5) is 14.6. The van der Waals surface area contributed by atoms with E-state index in [1.165, 1.54) is 12.3 Å². The number of benzene rings is 1. The summed E-state index contributed by atoms with van der Waals surface area (Å²) in [5.41, 5.74) is 0.887.